The van der Waals surface area contributed by atoms with Crippen LogP contribution in [0.15, 0.2) is 73.1 Å². The third-order valence-corrected chi connectivity index (χ3v) is 5.89. The van der Waals surface area contributed by atoms with Gasteiger partial charge in [0.25, 0.3) is 0 Å². The van der Waals surface area contributed by atoms with E-state index in [1.165, 1.54) is 0 Å². The number of benzene rings is 1. The summed E-state index contributed by atoms with van der Waals surface area (Å²) in [5.74, 6) is -0.0474. The molecule has 32 heavy (non-hydrogen) atoms. The molecule has 8 heteroatoms. The minimum Gasteiger partial charge on any atom is -0.383 e. The average Bonchev–Trinajstić information content (AvgIpc) is 3.41. The van der Waals surface area contributed by atoms with Gasteiger partial charge in [-0.05, 0) is 48.6 Å². The highest BCUT2D eigenvalue weighted by atomic mass is 32.1. The number of carbonyl (C=O) groups excluding carboxylic acids is 1. The van der Waals surface area contributed by atoms with Crippen molar-refractivity contribution >= 4 is 28.9 Å². The van der Waals surface area contributed by atoms with Crippen LogP contribution in [0.4, 0.5) is 5.69 Å². The molecule has 0 saturated carbocycles. The zero-order chi connectivity index (χ0) is 22.3. The van der Waals surface area contributed by atoms with Crippen molar-refractivity contribution in [3.63, 3.8) is 0 Å². The van der Waals surface area contributed by atoms with Crippen molar-refractivity contribution in [2.75, 3.05) is 25.6 Å². The summed E-state index contributed by atoms with van der Waals surface area (Å²) >= 11 is 5.70. The van der Waals surface area contributed by atoms with Crippen molar-refractivity contribution in [2.45, 2.75) is 25.0 Å². The zero-order valence-electron chi connectivity index (χ0n) is 18.0. The van der Waals surface area contributed by atoms with Gasteiger partial charge in [-0.1, -0.05) is 24.3 Å². The summed E-state index contributed by atoms with van der Waals surface area (Å²) in [6.07, 6.45) is 4.16. The number of nitrogens with one attached hydrogen (secondary N) is 2. The molecule has 0 bridgehead atoms. The van der Waals surface area contributed by atoms with Gasteiger partial charge in [0.05, 0.1) is 24.4 Å². The van der Waals surface area contributed by atoms with Crippen molar-refractivity contribution in [3.05, 3.63) is 84.4 Å². The van der Waals surface area contributed by atoms with E-state index < -0.39 is 0 Å². The van der Waals surface area contributed by atoms with Crippen LogP contribution in [-0.4, -0.2) is 45.7 Å². The monoisotopic (exact) mass is 449 g/mol. The summed E-state index contributed by atoms with van der Waals surface area (Å²) in [5.41, 5.74) is 2.81. The summed E-state index contributed by atoms with van der Waals surface area (Å²) in [4.78, 5) is 19.3. The molecule has 0 radical (unpaired) electrons. The molecule has 1 aromatic carbocycles. The predicted molar refractivity (Wildman–Crippen MR) is 128 cm³/mol. The van der Waals surface area contributed by atoms with Gasteiger partial charge in [-0.2, -0.15) is 0 Å². The van der Waals surface area contributed by atoms with Gasteiger partial charge in [0.15, 0.2) is 5.11 Å². The van der Waals surface area contributed by atoms with Gasteiger partial charge in [0.2, 0.25) is 5.91 Å². The van der Waals surface area contributed by atoms with E-state index in [-0.39, 0.29) is 18.0 Å². The lowest BCUT2D eigenvalue weighted by atomic mass is 10.0. The van der Waals surface area contributed by atoms with E-state index in [1.807, 2.05) is 60.8 Å². The lowest BCUT2D eigenvalue weighted by molar-refractivity contribution is -0.116. The summed E-state index contributed by atoms with van der Waals surface area (Å²) in [5, 5.41) is 7.01. The Morgan fingerprint density at radius 3 is 2.69 bits per heavy atom. The molecule has 3 aromatic rings. The molecule has 1 saturated heterocycles. The van der Waals surface area contributed by atoms with Crippen LogP contribution < -0.4 is 10.6 Å². The minimum absolute atomic E-state index is 0.0474. The summed E-state index contributed by atoms with van der Waals surface area (Å²) < 4.78 is 7.46. The molecule has 0 unspecified atom stereocenters. The Kier molecular flexibility index (Phi) is 7.14. The molecule has 1 fully saturated rings. The van der Waals surface area contributed by atoms with Gasteiger partial charge in [-0.3, -0.25) is 9.78 Å². The number of hydrogen-bond acceptors (Lipinski definition) is 4. The zero-order valence-corrected chi connectivity index (χ0v) is 18.8. The molecule has 2 aromatic heterocycles. The van der Waals surface area contributed by atoms with E-state index in [1.54, 1.807) is 13.3 Å². The van der Waals surface area contributed by atoms with E-state index in [9.17, 15) is 4.79 Å². The Morgan fingerprint density at radius 2 is 1.94 bits per heavy atom. The molecule has 2 atom stereocenters. The maximum atomic E-state index is 12.6. The number of amides is 1. The minimum atomic E-state index is -0.114. The number of carbonyl (C=O) groups is 1. The van der Waals surface area contributed by atoms with Gasteiger partial charge < -0.3 is 24.8 Å². The van der Waals surface area contributed by atoms with Gasteiger partial charge in [0, 0.05) is 50.4 Å². The number of pyridine rings is 1. The molecule has 4 rings (SSSR count). The number of nitrogens with zero attached hydrogens (tertiary/aromatic N) is 3. The SMILES string of the molecule is COCCn1cccc1[C@H]1[C@H](c2ccccn2)NC(=S)N1CCC(=O)Nc1ccccc1. The topological polar surface area (TPSA) is 71.4 Å². The highest BCUT2D eigenvalue weighted by Gasteiger charge is 2.41. The first-order valence-corrected chi connectivity index (χ1v) is 11.0. The second kappa shape index (κ2) is 10.4. The summed E-state index contributed by atoms with van der Waals surface area (Å²) in [6.45, 7) is 1.84. The molecule has 7 nitrogen and oxygen atoms in total. The molecule has 1 amide bonds. The Labute approximate surface area is 193 Å². The van der Waals surface area contributed by atoms with Crippen molar-refractivity contribution in [3.8, 4) is 0 Å². The lowest BCUT2D eigenvalue weighted by Crippen LogP contribution is -2.33. The maximum Gasteiger partial charge on any atom is 0.226 e. The fourth-order valence-corrected chi connectivity index (χ4v) is 4.36. The largest absolute Gasteiger partial charge is 0.383 e. The number of methoxy groups -OCH3 is 1. The van der Waals surface area contributed by atoms with Crippen molar-refractivity contribution in [2.24, 2.45) is 0 Å². The maximum absolute atomic E-state index is 12.6. The Balaban J connectivity index is 1.56. The first kappa shape index (κ1) is 22.0. The summed E-state index contributed by atoms with van der Waals surface area (Å²) in [7, 11) is 1.70. The van der Waals surface area contributed by atoms with Crippen molar-refractivity contribution in [1.82, 2.24) is 19.8 Å². The number of thiocarbonyl (C=S) groups is 1. The van der Waals surface area contributed by atoms with E-state index in [2.05, 4.69) is 31.2 Å². The Hall–Kier alpha value is -3.23. The Bertz CT molecular complexity index is 1040. The van der Waals surface area contributed by atoms with Crippen LogP contribution in [0.3, 0.4) is 0 Å². The van der Waals surface area contributed by atoms with Gasteiger partial charge in [-0.25, -0.2) is 0 Å². The molecular weight excluding hydrogens is 422 g/mol. The van der Waals surface area contributed by atoms with E-state index in [4.69, 9.17) is 17.0 Å². The number of rotatable bonds is 9. The van der Waals surface area contributed by atoms with Crippen LogP contribution in [0, 0.1) is 0 Å². The quantitative estimate of drug-likeness (QED) is 0.487. The van der Waals surface area contributed by atoms with E-state index in [0.717, 1.165) is 23.6 Å². The van der Waals surface area contributed by atoms with Gasteiger partial charge in [-0.15, -0.1) is 0 Å². The third kappa shape index (κ3) is 4.98. The second-order valence-electron chi connectivity index (χ2n) is 7.60. The third-order valence-electron chi connectivity index (χ3n) is 5.54. The fourth-order valence-electron chi connectivity index (χ4n) is 4.02. The average molecular weight is 450 g/mol. The number of aromatic nitrogens is 2. The number of para-hydroxylation sites is 1. The first-order chi connectivity index (χ1) is 15.7. The van der Waals surface area contributed by atoms with Crippen LogP contribution in [0.2, 0.25) is 0 Å². The van der Waals surface area contributed by atoms with Crippen LogP contribution in [0.25, 0.3) is 0 Å². The number of hydrogen-bond donors (Lipinski definition) is 2. The Morgan fingerprint density at radius 1 is 1.12 bits per heavy atom. The molecule has 0 aliphatic carbocycles. The van der Waals surface area contributed by atoms with Crippen LogP contribution in [0.1, 0.15) is 29.9 Å². The number of anilines is 1. The molecule has 3 heterocycles. The van der Waals surface area contributed by atoms with Crippen molar-refractivity contribution < 1.29 is 9.53 Å². The highest BCUT2D eigenvalue weighted by Crippen LogP contribution is 2.38. The van der Waals surface area contributed by atoms with E-state index in [0.29, 0.717) is 24.7 Å². The van der Waals surface area contributed by atoms with E-state index >= 15 is 0 Å². The number of ether oxygens (including phenoxy) is 1. The normalized spacial score (nSPS) is 17.9. The first-order valence-electron chi connectivity index (χ1n) is 10.6. The fraction of sp³-hybridized carbons (Fsp3) is 0.292. The standard InChI is InChI=1S/C24H27N5O2S/c1-31-17-16-28-14-7-11-20(28)23-22(19-10-5-6-13-25-19)27-24(32)29(23)15-12-21(30)26-18-8-3-2-4-9-18/h2-11,13-14,22-23H,12,15-17H2,1H3,(H,26,30)(H,27,32)/t22-,23-/m0/s1. The van der Waals surface area contributed by atoms with Crippen LogP contribution in [0.5, 0.6) is 0 Å². The van der Waals surface area contributed by atoms with Gasteiger partial charge >= 0.3 is 0 Å². The van der Waals surface area contributed by atoms with Crippen LogP contribution >= 0.6 is 12.2 Å². The van der Waals surface area contributed by atoms with Crippen LogP contribution in [-0.2, 0) is 16.1 Å². The predicted octanol–water partition coefficient (Wildman–Crippen LogP) is 3.53. The molecular formula is C24H27N5O2S. The molecule has 1 aliphatic rings. The molecule has 0 spiro atoms. The van der Waals surface area contributed by atoms with Crippen molar-refractivity contribution in [1.29, 1.82) is 0 Å². The highest BCUT2D eigenvalue weighted by molar-refractivity contribution is 7.80. The molecule has 2 N–H and O–H groups in total. The molecule has 166 valence electrons. The second-order valence-corrected chi connectivity index (χ2v) is 7.99. The molecule has 1 aliphatic heterocycles. The smallest absolute Gasteiger partial charge is 0.226 e. The van der Waals surface area contributed by atoms with Gasteiger partial charge in [0.1, 0.15) is 0 Å². The lowest BCUT2D eigenvalue weighted by Gasteiger charge is -2.28. The summed E-state index contributed by atoms with van der Waals surface area (Å²) in [6, 6.07) is 19.3.